The van der Waals surface area contributed by atoms with E-state index in [4.69, 9.17) is 0 Å². The molecule has 0 aliphatic carbocycles. The zero-order valence-electron chi connectivity index (χ0n) is 11.8. The standard InChI is InChI=1S/C17H17N3O/c1-13(21)12-20-10-8-17(19-20)15-6-4-5-14(11-15)16-7-2-3-9-18-16/h2-11,13,21H,12H2,1H3. The van der Waals surface area contributed by atoms with Crippen LogP contribution in [0.15, 0.2) is 60.9 Å². The first-order valence-corrected chi connectivity index (χ1v) is 6.96. The molecule has 4 heteroatoms. The summed E-state index contributed by atoms with van der Waals surface area (Å²) >= 11 is 0. The molecule has 106 valence electrons. The molecule has 1 atom stereocenters. The van der Waals surface area contributed by atoms with E-state index in [1.807, 2.05) is 48.7 Å². The average Bonchev–Trinajstić information content (AvgIpc) is 2.96. The Labute approximate surface area is 123 Å². The Morgan fingerprint density at radius 3 is 2.57 bits per heavy atom. The summed E-state index contributed by atoms with van der Waals surface area (Å²) < 4.78 is 1.76. The molecule has 2 heterocycles. The van der Waals surface area contributed by atoms with Crippen molar-refractivity contribution in [3.63, 3.8) is 0 Å². The van der Waals surface area contributed by atoms with Crippen molar-refractivity contribution < 1.29 is 5.11 Å². The fraction of sp³-hybridized carbons (Fsp3) is 0.176. The molecule has 1 unspecified atom stereocenters. The molecule has 0 saturated carbocycles. The van der Waals surface area contributed by atoms with E-state index in [1.54, 1.807) is 17.8 Å². The largest absolute Gasteiger partial charge is 0.391 e. The second-order valence-electron chi connectivity index (χ2n) is 5.07. The van der Waals surface area contributed by atoms with E-state index >= 15 is 0 Å². The highest BCUT2D eigenvalue weighted by Gasteiger charge is 2.06. The quantitative estimate of drug-likeness (QED) is 0.798. The summed E-state index contributed by atoms with van der Waals surface area (Å²) in [6.07, 6.45) is 3.27. The van der Waals surface area contributed by atoms with Crippen LogP contribution in [0.5, 0.6) is 0 Å². The Bertz CT molecular complexity index is 720. The van der Waals surface area contributed by atoms with E-state index in [0.717, 1.165) is 22.5 Å². The first-order chi connectivity index (χ1) is 10.2. The Morgan fingerprint density at radius 1 is 1.05 bits per heavy atom. The molecule has 0 saturated heterocycles. The fourth-order valence-electron chi connectivity index (χ4n) is 2.26. The number of hydrogen-bond donors (Lipinski definition) is 1. The lowest BCUT2D eigenvalue weighted by Crippen LogP contribution is -2.11. The molecule has 0 radical (unpaired) electrons. The third-order valence-electron chi connectivity index (χ3n) is 3.21. The molecule has 0 bridgehead atoms. The summed E-state index contributed by atoms with van der Waals surface area (Å²) in [7, 11) is 0. The van der Waals surface area contributed by atoms with Crippen molar-refractivity contribution in [2.75, 3.05) is 0 Å². The van der Waals surface area contributed by atoms with Crippen LogP contribution in [-0.4, -0.2) is 26.0 Å². The molecule has 1 N–H and O–H groups in total. The van der Waals surface area contributed by atoms with Crippen LogP contribution in [0.2, 0.25) is 0 Å². The van der Waals surface area contributed by atoms with E-state index in [-0.39, 0.29) is 0 Å². The minimum absolute atomic E-state index is 0.405. The van der Waals surface area contributed by atoms with E-state index < -0.39 is 6.10 Å². The molecule has 1 aromatic carbocycles. The van der Waals surface area contributed by atoms with Crippen LogP contribution in [0.4, 0.5) is 0 Å². The van der Waals surface area contributed by atoms with Crippen molar-refractivity contribution in [2.24, 2.45) is 0 Å². The maximum atomic E-state index is 9.41. The number of rotatable bonds is 4. The molecule has 21 heavy (non-hydrogen) atoms. The van der Waals surface area contributed by atoms with Crippen LogP contribution < -0.4 is 0 Å². The zero-order chi connectivity index (χ0) is 14.7. The first kappa shape index (κ1) is 13.5. The number of aliphatic hydroxyl groups is 1. The molecule has 0 aliphatic heterocycles. The van der Waals surface area contributed by atoms with E-state index in [0.29, 0.717) is 6.54 Å². The summed E-state index contributed by atoms with van der Waals surface area (Å²) in [5, 5.41) is 13.9. The molecular weight excluding hydrogens is 262 g/mol. The molecule has 3 aromatic rings. The predicted molar refractivity (Wildman–Crippen MR) is 82.6 cm³/mol. The lowest BCUT2D eigenvalue weighted by molar-refractivity contribution is 0.168. The zero-order valence-corrected chi connectivity index (χ0v) is 11.8. The predicted octanol–water partition coefficient (Wildman–Crippen LogP) is 2.99. The Balaban J connectivity index is 1.91. The highest BCUT2D eigenvalue weighted by molar-refractivity contribution is 5.69. The van der Waals surface area contributed by atoms with E-state index in [1.165, 1.54) is 0 Å². The summed E-state index contributed by atoms with van der Waals surface area (Å²) in [6.45, 7) is 2.25. The maximum absolute atomic E-state index is 9.41. The van der Waals surface area contributed by atoms with Gasteiger partial charge in [0, 0.05) is 23.5 Å². The van der Waals surface area contributed by atoms with Crippen molar-refractivity contribution in [2.45, 2.75) is 19.6 Å². The Hall–Kier alpha value is -2.46. The van der Waals surface area contributed by atoms with Gasteiger partial charge < -0.3 is 5.11 Å². The van der Waals surface area contributed by atoms with Gasteiger partial charge in [-0.2, -0.15) is 5.10 Å². The van der Waals surface area contributed by atoms with Gasteiger partial charge in [-0.05, 0) is 31.2 Å². The van der Waals surface area contributed by atoms with Crippen molar-refractivity contribution >= 4 is 0 Å². The van der Waals surface area contributed by atoms with Crippen LogP contribution in [-0.2, 0) is 6.54 Å². The summed E-state index contributed by atoms with van der Waals surface area (Å²) in [4.78, 5) is 4.37. The van der Waals surface area contributed by atoms with Gasteiger partial charge in [0.2, 0.25) is 0 Å². The number of aromatic nitrogens is 3. The molecular formula is C17H17N3O. The summed E-state index contributed by atoms with van der Waals surface area (Å²) in [6, 6.07) is 16.0. The lowest BCUT2D eigenvalue weighted by atomic mass is 10.1. The molecule has 4 nitrogen and oxygen atoms in total. The normalized spacial score (nSPS) is 12.3. The van der Waals surface area contributed by atoms with E-state index in [9.17, 15) is 5.11 Å². The number of pyridine rings is 1. The lowest BCUT2D eigenvalue weighted by Gasteiger charge is -2.04. The third kappa shape index (κ3) is 3.17. The number of benzene rings is 1. The van der Waals surface area contributed by atoms with Crippen LogP contribution in [0.1, 0.15) is 6.92 Å². The Morgan fingerprint density at radius 2 is 1.86 bits per heavy atom. The minimum atomic E-state index is -0.405. The third-order valence-corrected chi connectivity index (χ3v) is 3.21. The topological polar surface area (TPSA) is 50.9 Å². The maximum Gasteiger partial charge on any atom is 0.0923 e. The monoisotopic (exact) mass is 279 g/mol. The molecule has 0 amide bonds. The van der Waals surface area contributed by atoms with Crippen molar-refractivity contribution in [3.05, 3.63) is 60.9 Å². The van der Waals surface area contributed by atoms with Crippen LogP contribution in [0.25, 0.3) is 22.5 Å². The minimum Gasteiger partial charge on any atom is -0.391 e. The van der Waals surface area contributed by atoms with Gasteiger partial charge in [0.25, 0.3) is 0 Å². The van der Waals surface area contributed by atoms with Gasteiger partial charge in [-0.25, -0.2) is 0 Å². The Kier molecular flexibility index (Phi) is 3.79. The SMILES string of the molecule is CC(O)Cn1ccc(-c2cccc(-c3ccccn3)c2)n1. The second kappa shape index (κ2) is 5.89. The van der Waals surface area contributed by atoms with Gasteiger partial charge in [0.1, 0.15) is 0 Å². The molecule has 3 rings (SSSR count). The fourth-order valence-corrected chi connectivity index (χ4v) is 2.26. The van der Waals surface area contributed by atoms with E-state index in [2.05, 4.69) is 16.1 Å². The van der Waals surface area contributed by atoms with Crippen LogP contribution in [0, 0.1) is 0 Å². The van der Waals surface area contributed by atoms with Gasteiger partial charge in [-0.1, -0.05) is 24.3 Å². The van der Waals surface area contributed by atoms with Gasteiger partial charge in [0.15, 0.2) is 0 Å². The number of aliphatic hydroxyl groups excluding tert-OH is 1. The first-order valence-electron chi connectivity index (χ1n) is 6.96. The van der Waals surface area contributed by atoms with Gasteiger partial charge in [-0.15, -0.1) is 0 Å². The van der Waals surface area contributed by atoms with Crippen molar-refractivity contribution in [3.8, 4) is 22.5 Å². The van der Waals surface area contributed by atoms with Crippen LogP contribution in [0.3, 0.4) is 0 Å². The molecule has 0 fully saturated rings. The summed E-state index contributed by atoms with van der Waals surface area (Å²) in [5.74, 6) is 0. The smallest absolute Gasteiger partial charge is 0.0923 e. The van der Waals surface area contributed by atoms with Crippen LogP contribution >= 0.6 is 0 Å². The van der Waals surface area contributed by atoms with Gasteiger partial charge >= 0.3 is 0 Å². The van der Waals surface area contributed by atoms with Gasteiger partial charge in [-0.3, -0.25) is 9.67 Å². The highest BCUT2D eigenvalue weighted by atomic mass is 16.3. The average molecular weight is 279 g/mol. The van der Waals surface area contributed by atoms with Crippen molar-refractivity contribution in [1.29, 1.82) is 0 Å². The summed E-state index contributed by atoms with van der Waals surface area (Å²) in [5.41, 5.74) is 3.96. The van der Waals surface area contributed by atoms with Gasteiger partial charge in [0.05, 0.1) is 24.0 Å². The highest BCUT2D eigenvalue weighted by Crippen LogP contribution is 2.23. The number of hydrogen-bond acceptors (Lipinski definition) is 3. The number of nitrogens with zero attached hydrogens (tertiary/aromatic N) is 3. The van der Waals surface area contributed by atoms with Crippen molar-refractivity contribution in [1.82, 2.24) is 14.8 Å². The molecule has 2 aromatic heterocycles. The molecule has 0 spiro atoms. The molecule has 0 aliphatic rings. The second-order valence-corrected chi connectivity index (χ2v) is 5.07.